The quantitative estimate of drug-likeness (QED) is 0.918. The van der Waals surface area contributed by atoms with Gasteiger partial charge in [0.15, 0.2) is 0 Å². The first-order chi connectivity index (χ1) is 10.1. The van der Waals surface area contributed by atoms with E-state index in [0.29, 0.717) is 0 Å². The minimum Gasteiger partial charge on any atom is -0.438 e. The molecule has 110 valence electrons. The van der Waals surface area contributed by atoms with Gasteiger partial charge in [0.05, 0.1) is 11.4 Å². The highest BCUT2D eigenvalue weighted by atomic mass is 32.1. The van der Waals surface area contributed by atoms with Crippen LogP contribution >= 0.6 is 11.5 Å². The third-order valence-corrected chi connectivity index (χ3v) is 4.85. The fourth-order valence-electron chi connectivity index (χ4n) is 2.43. The van der Waals surface area contributed by atoms with Crippen molar-refractivity contribution in [2.24, 2.45) is 0 Å². The zero-order chi connectivity index (χ0) is 14.9. The van der Waals surface area contributed by atoms with E-state index in [1.165, 1.54) is 11.5 Å². The SMILES string of the molecule is CCc1snc(C)c1NC(=O)OC1(c2ccccc2)CC1. The summed E-state index contributed by atoms with van der Waals surface area (Å²) >= 11 is 1.43. The van der Waals surface area contributed by atoms with Crippen LogP contribution < -0.4 is 5.32 Å². The summed E-state index contributed by atoms with van der Waals surface area (Å²) in [5, 5.41) is 2.86. The molecule has 0 bridgehead atoms. The topological polar surface area (TPSA) is 51.2 Å². The van der Waals surface area contributed by atoms with Crippen molar-refractivity contribution in [3.8, 4) is 0 Å². The number of carbonyl (C=O) groups is 1. The second-order valence-electron chi connectivity index (χ2n) is 5.29. The first-order valence-corrected chi connectivity index (χ1v) is 7.92. The van der Waals surface area contributed by atoms with Crippen molar-refractivity contribution in [1.29, 1.82) is 0 Å². The lowest BCUT2D eigenvalue weighted by molar-refractivity contribution is 0.0941. The number of amides is 1. The molecular formula is C16H18N2O2S. The maximum absolute atomic E-state index is 12.2. The maximum atomic E-state index is 12.2. The highest BCUT2D eigenvalue weighted by Gasteiger charge is 2.48. The lowest BCUT2D eigenvalue weighted by Crippen LogP contribution is -2.22. The van der Waals surface area contributed by atoms with Gasteiger partial charge in [-0.2, -0.15) is 4.37 Å². The van der Waals surface area contributed by atoms with E-state index < -0.39 is 11.7 Å². The van der Waals surface area contributed by atoms with Crippen molar-refractivity contribution in [3.63, 3.8) is 0 Å². The van der Waals surface area contributed by atoms with E-state index in [1.807, 2.05) is 37.3 Å². The van der Waals surface area contributed by atoms with Crippen LogP contribution in [0.5, 0.6) is 0 Å². The van der Waals surface area contributed by atoms with Crippen molar-refractivity contribution in [3.05, 3.63) is 46.5 Å². The van der Waals surface area contributed by atoms with E-state index >= 15 is 0 Å². The predicted octanol–water partition coefficient (Wildman–Crippen LogP) is 4.25. The summed E-state index contributed by atoms with van der Waals surface area (Å²) in [6, 6.07) is 9.93. The minimum absolute atomic E-state index is 0.394. The summed E-state index contributed by atoms with van der Waals surface area (Å²) in [7, 11) is 0. The van der Waals surface area contributed by atoms with Crippen molar-refractivity contribution in [1.82, 2.24) is 4.37 Å². The number of nitrogens with one attached hydrogen (secondary N) is 1. The zero-order valence-corrected chi connectivity index (χ0v) is 13.0. The van der Waals surface area contributed by atoms with Gasteiger partial charge in [0.2, 0.25) is 0 Å². The summed E-state index contributed by atoms with van der Waals surface area (Å²) < 4.78 is 9.97. The first-order valence-electron chi connectivity index (χ1n) is 7.15. The van der Waals surface area contributed by atoms with Crippen LogP contribution in [-0.4, -0.2) is 10.5 Å². The van der Waals surface area contributed by atoms with E-state index in [-0.39, 0.29) is 0 Å². The molecule has 1 aromatic carbocycles. The van der Waals surface area contributed by atoms with Gasteiger partial charge in [-0.1, -0.05) is 37.3 Å². The second-order valence-corrected chi connectivity index (χ2v) is 6.15. The van der Waals surface area contributed by atoms with E-state index in [0.717, 1.165) is 41.1 Å². The van der Waals surface area contributed by atoms with Gasteiger partial charge in [-0.3, -0.25) is 5.32 Å². The molecular weight excluding hydrogens is 284 g/mol. The van der Waals surface area contributed by atoms with Gasteiger partial charge in [0.25, 0.3) is 0 Å². The van der Waals surface area contributed by atoms with Gasteiger partial charge in [-0.05, 0) is 43.3 Å². The molecule has 5 heteroatoms. The molecule has 0 radical (unpaired) electrons. The Balaban J connectivity index is 1.71. The van der Waals surface area contributed by atoms with Crippen LogP contribution in [0.25, 0.3) is 0 Å². The summed E-state index contributed by atoms with van der Waals surface area (Å²) in [6.45, 7) is 3.95. The predicted molar refractivity (Wildman–Crippen MR) is 83.7 cm³/mol. The summed E-state index contributed by atoms with van der Waals surface area (Å²) in [5.74, 6) is 0. The van der Waals surface area contributed by atoms with Crippen LogP contribution in [0.3, 0.4) is 0 Å². The van der Waals surface area contributed by atoms with Crippen LogP contribution in [-0.2, 0) is 16.8 Å². The molecule has 0 aliphatic heterocycles. The summed E-state index contributed by atoms with van der Waals surface area (Å²) in [5.41, 5.74) is 2.28. The Kier molecular flexibility index (Phi) is 3.68. The molecule has 1 N–H and O–H groups in total. The number of hydrogen-bond donors (Lipinski definition) is 1. The number of anilines is 1. The van der Waals surface area contributed by atoms with Crippen LogP contribution in [0.4, 0.5) is 10.5 Å². The Morgan fingerprint density at radius 1 is 1.38 bits per heavy atom. The summed E-state index contributed by atoms with van der Waals surface area (Å²) in [6.07, 6.45) is 2.22. The molecule has 0 spiro atoms. The lowest BCUT2D eigenvalue weighted by Gasteiger charge is -2.17. The van der Waals surface area contributed by atoms with E-state index in [4.69, 9.17) is 4.74 Å². The number of carbonyl (C=O) groups excluding carboxylic acids is 1. The molecule has 3 rings (SSSR count). The molecule has 0 atom stereocenters. The second kappa shape index (κ2) is 5.48. The number of nitrogens with zero attached hydrogens (tertiary/aromatic N) is 1. The van der Waals surface area contributed by atoms with Crippen molar-refractivity contribution < 1.29 is 9.53 Å². The summed E-state index contributed by atoms with van der Waals surface area (Å²) in [4.78, 5) is 13.3. The van der Waals surface area contributed by atoms with E-state index in [1.54, 1.807) is 0 Å². The van der Waals surface area contributed by atoms with Gasteiger partial charge < -0.3 is 4.74 Å². The third-order valence-electron chi connectivity index (χ3n) is 3.77. The number of aromatic nitrogens is 1. The Morgan fingerprint density at radius 3 is 2.71 bits per heavy atom. The largest absolute Gasteiger partial charge is 0.438 e. The van der Waals surface area contributed by atoms with Gasteiger partial charge >= 0.3 is 6.09 Å². The van der Waals surface area contributed by atoms with Crippen LogP contribution in [0.2, 0.25) is 0 Å². The lowest BCUT2D eigenvalue weighted by atomic mass is 10.1. The molecule has 1 aliphatic rings. The van der Waals surface area contributed by atoms with Gasteiger partial charge in [0, 0.05) is 4.88 Å². The van der Waals surface area contributed by atoms with Crippen molar-refractivity contribution >= 4 is 23.3 Å². The molecule has 1 saturated carbocycles. The molecule has 1 fully saturated rings. The van der Waals surface area contributed by atoms with Gasteiger partial charge in [-0.15, -0.1) is 0 Å². The number of aryl methyl sites for hydroxylation is 2. The first kappa shape index (κ1) is 14.1. The highest BCUT2D eigenvalue weighted by Crippen LogP contribution is 2.49. The fourth-order valence-corrected chi connectivity index (χ4v) is 3.19. The highest BCUT2D eigenvalue weighted by molar-refractivity contribution is 7.06. The average molecular weight is 302 g/mol. The fraction of sp³-hybridized carbons (Fsp3) is 0.375. The molecule has 1 aliphatic carbocycles. The smallest absolute Gasteiger partial charge is 0.412 e. The molecule has 1 amide bonds. The standard InChI is InChI=1S/C16H18N2O2S/c1-3-13-14(11(2)18-21-13)17-15(19)20-16(9-10-16)12-7-5-4-6-8-12/h4-8H,3,9-10H2,1-2H3,(H,17,19). The number of ether oxygens (including phenoxy) is 1. The van der Waals surface area contributed by atoms with Gasteiger partial charge in [-0.25, -0.2) is 4.79 Å². The van der Waals surface area contributed by atoms with Crippen LogP contribution in [0.1, 0.15) is 35.9 Å². The molecule has 4 nitrogen and oxygen atoms in total. The minimum atomic E-state index is -0.435. The van der Waals surface area contributed by atoms with E-state index in [9.17, 15) is 4.79 Å². The number of hydrogen-bond acceptors (Lipinski definition) is 4. The number of rotatable bonds is 4. The molecule has 21 heavy (non-hydrogen) atoms. The van der Waals surface area contributed by atoms with E-state index in [2.05, 4.69) is 16.6 Å². The molecule has 0 unspecified atom stereocenters. The maximum Gasteiger partial charge on any atom is 0.412 e. The van der Waals surface area contributed by atoms with Crippen molar-refractivity contribution in [2.75, 3.05) is 5.32 Å². The average Bonchev–Trinajstić information content (AvgIpc) is 3.20. The number of benzene rings is 1. The molecule has 0 saturated heterocycles. The normalized spacial score (nSPS) is 15.5. The Hall–Kier alpha value is -1.88. The molecule has 1 aromatic heterocycles. The Morgan fingerprint density at radius 2 is 2.10 bits per heavy atom. The third kappa shape index (κ3) is 2.78. The molecule has 1 heterocycles. The van der Waals surface area contributed by atoms with Crippen LogP contribution in [0.15, 0.2) is 30.3 Å². The zero-order valence-electron chi connectivity index (χ0n) is 12.2. The Bertz CT molecular complexity index is 648. The molecule has 2 aromatic rings. The van der Waals surface area contributed by atoms with Gasteiger partial charge in [0.1, 0.15) is 5.60 Å². The van der Waals surface area contributed by atoms with Crippen molar-refractivity contribution in [2.45, 2.75) is 38.7 Å². The Labute approximate surface area is 128 Å². The van der Waals surface area contributed by atoms with Crippen LogP contribution in [0, 0.1) is 6.92 Å². The monoisotopic (exact) mass is 302 g/mol.